The second-order valence-corrected chi connectivity index (χ2v) is 4.41. The highest BCUT2D eigenvalue weighted by Crippen LogP contribution is 2.33. The molecular formula is C17H12O3. The Balaban J connectivity index is 1.82. The Morgan fingerprint density at radius 2 is 1.85 bits per heavy atom. The quantitative estimate of drug-likeness (QED) is 0.843. The van der Waals surface area contributed by atoms with E-state index in [2.05, 4.69) is 0 Å². The van der Waals surface area contributed by atoms with Crippen molar-refractivity contribution in [2.45, 2.75) is 0 Å². The van der Waals surface area contributed by atoms with Crippen LogP contribution in [-0.4, -0.2) is 10.9 Å². The zero-order chi connectivity index (χ0) is 13.9. The molecular weight excluding hydrogens is 252 g/mol. The number of fused-ring (bicyclic) bond motifs is 1. The Bertz CT molecular complexity index is 712. The van der Waals surface area contributed by atoms with Crippen molar-refractivity contribution in [3.63, 3.8) is 0 Å². The molecule has 3 rings (SSSR count). The summed E-state index contributed by atoms with van der Waals surface area (Å²) >= 11 is 0. The summed E-state index contributed by atoms with van der Waals surface area (Å²) in [5.74, 6) is 0.572. The fourth-order valence-corrected chi connectivity index (χ4v) is 2.00. The maximum absolute atomic E-state index is 12.0. The second kappa shape index (κ2) is 5.05. The van der Waals surface area contributed by atoms with Gasteiger partial charge in [-0.1, -0.05) is 42.5 Å². The van der Waals surface area contributed by atoms with Crippen molar-refractivity contribution in [3.8, 4) is 11.5 Å². The molecule has 0 bridgehead atoms. The summed E-state index contributed by atoms with van der Waals surface area (Å²) in [6.45, 7) is 0. The number of hydrogen-bond acceptors (Lipinski definition) is 3. The molecule has 0 aromatic heterocycles. The number of hydrogen-bond donors (Lipinski definition) is 1. The van der Waals surface area contributed by atoms with Crippen molar-refractivity contribution in [2.24, 2.45) is 0 Å². The van der Waals surface area contributed by atoms with E-state index in [1.807, 2.05) is 36.4 Å². The number of Topliss-reactive ketones (excluding diaryl/α,β-unsaturated/α-hetero) is 1. The van der Waals surface area contributed by atoms with Crippen LogP contribution in [0.5, 0.6) is 11.5 Å². The van der Waals surface area contributed by atoms with Crippen molar-refractivity contribution in [3.05, 3.63) is 77.6 Å². The smallest absolute Gasteiger partial charge is 0.231 e. The van der Waals surface area contributed by atoms with Crippen LogP contribution >= 0.6 is 0 Å². The van der Waals surface area contributed by atoms with Crippen molar-refractivity contribution >= 4 is 11.9 Å². The fourth-order valence-electron chi connectivity index (χ4n) is 2.00. The molecule has 0 spiro atoms. The number of ether oxygens (including phenoxy) is 1. The van der Waals surface area contributed by atoms with Crippen LogP contribution in [0.3, 0.4) is 0 Å². The Hall–Kier alpha value is -2.81. The molecule has 0 atom stereocenters. The average Bonchev–Trinajstić information content (AvgIpc) is 2.76. The minimum atomic E-state index is -0.169. The molecule has 0 saturated heterocycles. The first-order valence-electron chi connectivity index (χ1n) is 6.23. The number of phenols is 1. The van der Waals surface area contributed by atoms with Gasteiger partial charge in [-0.2, -0.15) is 0 Å². The van der Waals surface area contributed by atoms with Gasteiger partial charge in [-0.15, -0.1) is 0 Å². The van der Waals surface area contributed by atoms with Gasteiger partial charge in [0.25, 0.3) is 0 Å². The summed E-state index contributed by atoms with van der Waals surface area (Å²) in [4.78, 5) is 12.0. The number of benzene rings is 2. The number of carbonyl (C=O) groups is 1. The van der Waals surface area contributed by atoms with Crippen LogP contribution in [0.2, 0.25) is 0 Å². The lowest BCUT2D eigenvalue weighted by atomic mass is 10.1. The Labute approximate surface area is 116 Å². The minimum absolute atomic E-state index is 0.0811. The first-order valence-corrected chi connectivity index (χ1v) is 6.23. The third-order valence-corrected chi connectivity index (χ3v) is 2.99. The van der Waals surface area contributed by atoms with Crippen molar-refractivity contribution in [2.75, 3.05) is 0 Å². The van der Waals surface area contributed by atoms with Crippen LogP contribution < -0.4 is 4.74 Å². The molecule has 0 fully saturated rings. The van der Waals surface area contributed by atoms with E-state index in [-0.39, 0.29) is 17.3 Å². The fraction of sp³-hybridized carbons (Fsp3) is 0. The van der Waals surface area contributed by atoms with E-state index in [0.717, 1.165) is 5.56 Å². The standard InChI is InChI=1S/C17H12O3/c18-13-9-10-14-16(11-13)20-15(17(14)19)8-4-7-12-5-2-1-3-6-12/h1-11,18H/b7-4+,15-8+. The topological polar surface area (TPSA) is 46.5 Å². The molecule has 3 nitrogen and oxygen atoms in total. The number of phenolic OH excluding ortho intramolecular Hbond substituents is 1. The molecule has 1 aliphatic rings. The van der Waals surface area contributed by atoms with Gasteiger partial charge < -0.3 is 9.84 Å². The first-order chi connectivity index (χ1) is 9.74. The van der Waals surface area contributed by atoms with Crippen LogP contribution in [0, 0.1) is 0 Å². The molecule has 2 aromatic rings. The maximum atomic E-state index is 12.0. The van der Waals surface area contributed by atoms with Gasteiger partial charge in [-0.3, -0.25) is 4.79 Å². The van der Waals surface area contributed by atoms with Gasteiger partial charge in [-0.05, 0) is 23.8 Å². The SMILES string of the molecule is O=C1/C(=C\C=C\c2ccccc2)Oc2cc(O)ccc21. The highest BCUT2D eigenvalue weighted by molar-refractivity contribution is 6.12. The Morgan fingerprint density at radius 3 is 2.65 bits per heavy atom. The van der Waals surface area contributed by atoms with Crippen LogP contribution in [0.4, 0.5) is 0 Å². The van der Waals surface area contributed by atoms with Gasteiger partial charge in [-0.25, -0.2) is 0 Å². The summed E-state index contributed by atoms with van der Waals surface area (Å²) in [6, 6.07) is 14.3. The number of ketones is 1. The van der Waals surface area contributed by atoms with Crippen molar-refractivity contribution in [1.29, 1.82) is 0 Å². The monoisotopic (exact) mass is 264 g/mol. The summed E-state index contributed by atoms with van der Waals surface area (Å²) in [7, 11) is 0. The van der Waals surface area contributed by atoms with E-state index in [1.54, 1.807) is 18.2 Å². The Kier molecular flexibility index (Phi) is 3.09. The highest BCUT2D eigenvalue weighted by atomic mass is 16.5. The van der Waals surface area contributed by atoms with Crippen molar-refractivity contribution < 1.29 is 14.6 Å². The number of rotatable bonds is 2. The number of allylic oxidation sites excluding steroid dienone is 3. The number of aromatic hydroxyl groups is 1. The zero-order valence-corrected chi connectivity index (χ0v) is 10.6. The van der Waals surface area contributed by atoms with Crippen LogP contribution in [0.25, 0.3) is 6.08 Å². The zero-order valence-electron chi connectivity index (χ0n) is 10.6. The molecule has 0 radical (unpaired) electrons. The summed E-state index contributed by atoms with van der Waals surface area (Å²) in [6.07, 6.45) is 5.30. The normalized spacial score (nSPS) is 15.6. The van der Waals surface area contributed by atoms with E-state index in [9.17, 15) is 9.90 Å². The molecule has 20 heavy (non-hydrogen) atoms. The lowest BCUT2D eigenvalue weighted by Crippen LogP contribution is -1.97. The molecule has 0 unspecified atom stereocenters. The van der Waals surface area contributed by atoms with E-state index in [0.29, 0.717) is 11.3 Å². The minimum Gasteiger partial charge on any atom is -0.508 e. The molecule has 0 saturated carbocycles. The van der Waals surface area contributed by atoms with Gasteiger partial charge in [0, 0.05) is 6.07 Å². The summed E-state index contributed by atoms with van der Waals surface area (Å²) in [5, 5.41) is 9.37. The molecule has 1 heterocycles. The van der Waals surface area contributed by atoms with Gasteiger partial charge in [0.2, 0.25) is 5.78 Å². The molecule has 2 aromatic carbocycles. The van der Waals surface area contributed by atoms with Gasteiger partial charge in [0.15, 0.2) is 5.76 Å². The van der Waals surface area contributed by atoms with Crippen LogP contribution in [-0.2, 0) is 0 Å². The van der Waals surface area contributed by atoms with Crippen LogP contribution in [0.15, 0.2) is 66.4 Å². The van der Waals surface area contributed by atoms with E-state index in [4.69, 9.17) is 4.74 Å². The first kappa shape index (κ1) is 12.2. The molecule has 3 heteroatoms. The highest BCUT2D eigenvalue weighted by Gasteiger charge is 2.26. The molecule has 1 aliphatic heterocycles. The van der Waals surface area contributed by atoms with E-state index >= 15 is 0 Å². The number of carbonyl (C=O) groups excluding carboxylic acids is 1. The average molecular weight is 264 g/mol. The molecule has 0 aliphatic carbocycles. The van der Waals surface area contributed by atoms with E-state index in [1.165, 1.54) is 12.1 Å². The largest absolute Gasteiger partial charge is 0.508 e. The summed E-state index contributed by atoms with van der Waals surface area (Å²) < 4.78 is 5.44. The van der Waals surface area contributed by atoms with E-state index < -0.39 is 0 Å². The summed E-state index contributed by atoms with van der Waals surface area (Å²) in [5.41, 5.74) is 1.52. The lowest BCUT2D eigenvalue weighted by Gasteiger charge is -1.97. The second-order valence-electron chi connectivity index (χ2n) is 4.41. The maximum Gasteiger partial charge on any atom is 0.231 e. The van der Waals surface area contributed by atoms with Gasteiger partial charge in [0.1, 0.15) is 11.5 Å². The third kappa shape index (κ3) is 2.34. The predicted molar refractivity (Wildman–Crippen MR) is 76.6 cm³/mol. The van der Waals surface area contributed by atoms with Gasteiger partial charge >= 0.3 is 0 Å². The van der Waals surface area contributed by atoms with Crippen LogP contribution in [0.1, 0.15) is 15.9 Å². The molecule has 0 amide bonds. The Morgan fingerprint density at radius 1 is 1.05 bits per heavy atom. The van der Waals surface area contributed by atoms with Gasteiger partial charge in [0.05, 0.1) is 5.56 Å². The lowest BCUT2D eigenvalue weighted by molar-refractivity contribution is 0.101. The third-order valence-electron chi connectivity index (χ3n) is 2.99. The predicted octanol–water partition coefficient (Wildman–Crippen LogP) is 3.56. The molecule has 1 N–H and O–H groups in total. The van der Waals surface area contributed by atoms with Crippen molar-refractivity contribution in [1.82, 2.24) is 0 Å². The molecule has 98 valence electrons.